The van der Waals surface area contributed by atoms with Gasteiger partial charge in [-0.3, -0.25) is 0 Å². The maximum Gasteiger partial charge on any atom is 0.0785 e. The first-order valence-corrected chi connectivity index (χ1v) is 7.61. The molecule has 0 amide bonds. The number of ether oxygens (including phenoxy) is 1. The molecule has 2 unspecified atom stereocenters. The molecule has 3 heteroatoms. The maximum atomic E-state index is 10.3. The lowest BCUT2D eigenvalue weighted by atomic mass is 9.74. The molecule has 0 aromatic carbocycles. The van der Waals surface area contributed by atoms with Crippen LogP contribution in [-0.4, -0.2) is 31.9 Å². The Balaban J connectivity index is 0. The highest BCUT2D eigenvalue weighted by Gasteiger charge is 2.34. The summed E-state index contributed by atoms with van der Waals surface area (Å²) in [4.78, 5) is 0. The monoisotopic (exact) mass is 285 g/mol. The van der Waals surface area contributed by atoms with Crippen molar-refractivity contribution in [3.63, 3.8) is 0 Å². The molecular weight excluding hydrogens is 250 g/mol. The second kappa shape index (κ2) is 14.6. The van der Waals surface area contributed by atoms with Crippen molar-refractivity contribution in [1.82, 2.24) is 5.32 Å². The average molecular weight is 285 g/mol. The van der Waals surface area contributed by atoms with E-state index < -0.39 is 5.60 Å². The fourth-order valence-electron chi connectivity index (χ4n) is 2.05. The summed E-state index contributed by atoms with van der Waals surface area (Å²) in [6.07, 6.45) is 11.8. The molecule has 0 spiro atoms. The molecule has 0 saturated heterocycles. The van der Waals surface area contributed by atoms with Gasteiger partial charge < -0.3 is 15.2 Å². The van der Waals surface area contributed by atoms with Crippen LogP contribution in [0, 0.1) is 5.92 Å². The van der Waals surface area contributed by atoms with Crippen LogP contribution in [0.2, 0.25) is 0 Å². The minimum absolute atomic E-state index is 0.419. The minimum Gasteiger partial charge on any atom is -0.505 e. The molecule has 1 rings (SSSR count). The number of allylic oxidation sites excluding steroid dienone is 1. The van der Waals surface area contributed by atoms with Crippen molar-refractivity contribution in [2.24, 2.45) is 5.92 Å². The Bertz CT molecular complexity index is 241. The summed E-state index contributed by atoms with van der Waals surface area (Å²) in [5.41, 5.74) is -0.479. The highest BCUT2D eigenvalue weighted by atomic mass is 16.5. The van der Waals surface area contributed by atoms with Gasteiger partial charge in [0.05, 0.1) is 19.0 Å². The maximum absolute atomic E-state index is 10.3. The lowest BCUT2D eigenvalue weighted by molar-refractivity contribution is -0.0386. The summed E-state index contributed by atoms with van der Waals surface area (Å²) in [5, 5.41) is 13.0. The van der Waals surface area contributed by atoms with Gasteiger partial charge in [0, 0.05) is 0 Å². The molecule has 0 aromatic heterocycles. The van der Waals surface area contributed by atoms with Crippen LogP contribution in [-0.2, 0) is 4.74 Å². The Hall–Kier alpha value is -0.800. The van der Waals surface area contributed by atoms with Gasteiger partial charge in [-0.2, -0.15) is 0 Å². The summed E-state index contributed by atoms with van der Waals surface area (Å²) in [5.74, 6) is 0.419. The van der Waals surface area contributed by atoms with Crippen LogP contribution in [0.15, 0.2) is 25.0 Å². The van der Waals surface area contributed by atoms with Gasteiger partial charge in [0.25, 0.3) is 0 Å². The van der Waals surface area contributed by atoms with Crippen molar-refractivity contribution in [2.75, 3.05) is 21.2 Å². The van der Waals surface area contributed by atoms with Crippen molar-refractivity contribution in [3.8, 4) is 0 Å². The number of hydrogen-bond donors (Lipinski definition) is 2. The van der Waals surface area contributed by atoms with E-state index in [-0.39, 0.29) is 0 Å². The van der Waals surface area contributed by atoms with Crippen LogP contribution < -0.4 is 5.32 Å². The Kier molecular flexibility index (Phi) is 15.7. The van der Waals surface area contributed by atoms with E-state index in [4.69, 9.17) is 4.74 Å². The summed E-state index contributed by atoms with van der Waals surface area (Å²) < 4.78 is 4.82. The predicted octanol–water partition coefficient (Wildman–Crippen LogP) is 3.90. The molecular formula is C17H35NO2. The van der Waals surface area contributed by atoms with Crippen LogP contribution in [0.4, 0.5) is 0 Å². The molecule has 1 saturated carbocycles. The minimum atomic E-state index is -0.479. The number of methoxy groups -OCH3 is 1. The first-order valence-electron chi connectivity index (χ1n) is 7.61. The van der Waals surface area contributed by atoms with E-state index in [9.17, 15) is 5.11 Å². The van der Waals surface area contributed by atoms with Crippen LogP contribution >= 0.6 is 0 Å². The first kappa shape index (κ1) is 21.5. The second-order valence-electron chi connectivity index (χ2n) is 5.26. The average Bonchev–Trinajstić information content (AvgIpc) is 2.44. The molecule has 1 aliphatic rings. The summed E-state index contributed by atoms with van der Waals surface area (Å²) >= 11 is 0. The molecule has 2 atom stereocenters. The number of hydrogen-bond acceptors (Lipinski definition) is 3. The molecule has 0 aliphatic heterocycles. The lowest BCUT2D eigenvalue weighted by Crippen LogP contribution is -2.38. The number of aliphatic hydroxyl groups is 1. The fraction of sp³-hybridized carbons (Fsp3) is 0.765. The topological polar surface area (TPSA) is 41.5 Å². The Morgan fingerprint density at radius 3 is 2.35 bits per heavy atom. The summed E-state index contributed by atoms with van der Waals surface area (Å²) in [6, 6.07) is 0. The van der Waals surface area contributed by atoms with Gasteiger partial charge in [-0.05, 0) is 51.8 Å². The largest absolute Gasteiger partial charge is 0.505 e. The molecule has 0 bridgehead atoms. The van der Waals surface area contributed by atoms with Gasteiger partial charge in [0.2, 0.25) is 0 Å². The Labute approximate surface area is 126 Å². The van der Waals surface area contributed by atoms with E-state index in [1.807, 2.05) is 26.2 Å². The molecule has 0 heterocycles. The van der Waals surface area contributed by atoms with Crippen molar-refractivity contribution >= 4 is 0 Å². The zero-order valence-electron chi connectivity index (χ0n) is 14.1. The van der Waals surface area contributed by atoms with Gasteiger partial charge in [0.15, 0.2) is 0 Å². The van der Waals surface area contributed by atoms with Crippen LogP contribution in [0.5, 0.6) is 0 Å². The van der Waals surface area contributed by atoms with Crippen molar-refractivity contribution in [1.29, 1.82) is 0 Å². The van der Waals surface area contributed by atoms with Gasteiger partial charge >= 0.3 is 0 Å². The van der Waals surface area contributed by atoms with E-state index in [2.05, 4.69) is 25.7 Å². The third kappa shape index (κ3) is 11.1. The van der Waals surface area contributed by atoms with Crippen molar-refractivity contribution in [2.45, 2.75) is 58.0 Å². The van der Waals surface area contributed by atoms with E-state index in [1.54, 1.807) is 13.4 Å². The van der Waals surface area contributed by atoms with E-state index in [0.717, 1.165) is 32.1 Å². The highest BCUT2D eigenvalue weighted by molar-refractivity contribution is 4.94. The molecule has 2 N–H and O–H groups in total. The number of nitrogens with one attached hydrogen (secondary N) is 1. The van der Waals surface area contributed by atoms with Gasteiger partial charge in [-0.25, -0.2) is 0 Å². The fourth-order valence-corrected chi connectivity index (χ4v) is 2.05. The van der Waals surface area contributed by atoms with E-state index >= 15 is 0 Å². The molecule has 120 valence electrons. The van der Waals surface area contributed by atoms with Crippen LogP contribution in [0.3, 0.4) is 0 Å². The highest BCUT2D eigenvalue weighted by Crippen LogP contribution is 2.36. The smallest absolute Gasteiger partial charge is 0.0785 e. The van der Waals surface area contributed by atoms with Gasteiger partial charge in [0.1, 0.15) is 0 Å². The SMILES string of the molecule is C=CCC.CNC.CO/C=C/CC1(O)CCCCC1C. The third-order valence-corrected chi connectivity index (χ3v) is 3.41. The molecule has 1 aliphatic carbocycles. The van der Waals surface area contributed by atoms with Crippen LogP contribution in [0.1, 0.15) is 52.4 Å². The van der Waals surface area contributed by atoms with Crippen molar-refractivity contribution in [3.05, 3.63) is 25.0 Å². The van der Waals surface area contributed by atoms with E-state index in [1.165, 1.54) is 6.42 Å². The van der Waals surface area contributed by atoms with Crippen molar-refractivity contribution < 1.29 is 9.84 Å². The standard InChI is InChI=1S/C11H20O2.C4H8.C2H7N/c1-10-6-3-4-7-11(10,12)8-5-9-13-2;1-3-4-2;1-3-2/h5,9-10,12H,3-4,6-8H2,1-2H3;3H,1,4H2,2H3;3H,1-2H3/b9-5+;;. The summed E-state index contributed by atoms with van der Waals surface area (Å²) in [7, 11) is 5.38. The molecule has 0 aromatic rings. The van der Waals surface area contributed by atoms with Gasteiger partial charge in [-0.15, -0.1) is 6.58 Å². The molecule has 0 radical (unpaired) electrons. The van der Waals surface area contributed by atoms with Gasteiger partial charge in [-0.1, -0.05) is 32.8 Å². The Morgan fingerprint density at radius 1 is 1.40 bits per heavy atom. The zero-order chi connectivity index (χ0) is 15.9. The third-order valence-electron chi connectivity index (χ3n) is 3.41. The van der Waals surface area contributed by atoms with Crippen LogP contribution in [0.25, 0.3) is 0 Å². The van der Waals surface area contributed by atoms with E-state index in [0.29, 0.717) is 5.92 Å². The zero-order valence-corrected chi connectivity index (χ0v) is 14.1. The normalized spacial score (nSPS) is 25.0. The molecule has 3 nitrogen and oxygen atoms in total. The Morgan fingerprint density at radius 2 is 1.95 bits per heavy atom. The summed E-state index contributed by atoms with van der Waals surface area (Å²) in [6.45, 7) is 7.68. The number of rotatable bonds is 4. The quantitative estimate of drug-likeness (QED) is 0.608. The predicted molar refractivity (Wildman–Crippen MR) is 88.8 cm³/mol. The second-order valence-corrected chi connectivity index (χ2v) is 5.26. The first-order chi connectivity index (χ1) is 9.52. The lowest BCUT2D eigenvalue weighted by Gasteiger charge is -2.37. The molecule has 20 heavy (non-hydrogen) atoms. The molecule has 1 fully saturated rings.